The topological polar surface area (TPSA) is 102 Å². The Balaban J connectivity index is 1.87. The van der Waals surface area contributed by atoms with Crippen LogP contribution in [-0.2, 0) is 16.4 Å². The van der Waals surface area contributed by atoms with Crippen LogP contribution in [0.1, 0.15) is 50.0 Å². The van der Waals surface area contributed by atoms with E-state index in [1.807, 2.05) is 0 Å². The molecule has 1 atom stereocenters. The molecular weight excluding hydrogens is 590 g/mol. The van der Waals surface area contributed by atoms with Gasteiger partial charge in [-0.15, -0.1) is 13.2 Å². The number of hydrogen-bond acceptors (Lipinski definition) is 6. The maximum Gasteiger partial charge on any atom is 0.573 e. The van der Waals surface area contributed by atoms with Crippen LogP contribution in [0, 0.1) is 5.92 Å². The maximum absolute atomic E-state index is 13.2. The van der Waals surface area contributed by atoms with Crippen LogP contribution >= 0.6 is 11.6 Å². The molecule has 16 heteroatoms. The van der Waals surface area contributed by atoms with Crippen LogP contribution in [0.2, 0.25) is 5.02 Å². The highest BCUT2D eigenvalue weighted by molar-refractivity contribution is 7.91. The quantitative estimate of drug-likeness (QED) is 0.344. The van der Waals surface area contributed by atoms with Gasteiger partial charge in [-0.1, -0.05) is 11.6 Å². The number of anilines is 1. The van der Waals surface area contributed by atoms with Gasteiger partial charge in [0.1, 0.15) is 21.6 Å². The van der Waals surface area contributed by atoms with Gasteiger partial charge in [0.25, 0.3) is 5.91 Å². The summed E-state index contributed by atoms with van der Waals surface area (Å²) in [5.74, 6) is -1.49. The third-order valence-electron chi connectivity index (χ3n) is 6.70. The molecular formula is C24H29ClF6N4O4S. The number of alkyl halides is 6. The first-order chi connectivity index (χ1) is 18.4. The molecule has 0 radical (unpaired) electrons. The molecule has 0 saturated heterocycles. The summed E-state index contributed by atoms with van der Waals surface area (Å²) in [5.41, 5.74) is -0.859. The lowest BCUT2D eigenvalue weighted by molar-refractivity contribution is -0.274. The number of nitrogens with zero attached hydrogens (tertiary/aromatic N) is 2. The number of rotatable bonds is 9. The highest BCUT2D eigenvalue weighted by Crippen LogP contribution is 2.41. The predicted molar refractivity (Wildman–Crippen MR) is 137 cm³/mol. The molecule has 2 N–H and O–H groups in total. The normalized spacial score (nSPS) is 19.2. The molecule has 1 heterocycles. The van der Waals surface area contributed by atoms with Crippen LogP contribution in [0.15, 0.2) is 18.2 Å². The lowest BCUT2D eigenvalue weighted by Gasteiger charge is -2.27. The summed E-state index contributed by atoms with van der Waals surface area (Å²) in [6, 6.07) is 0.944. The Morgan fingerprint density at radius 3 is 2.33 bits per heavy atom. The van der Waals surface area contributed by atoms with Gasteiger partial charge < -0.3 is 15.4 Å². The van der Waals surface area contributed by atoms with Gasteiger partial charge in [0.2, 0.25) is 0 Å². The van der Waals surface area contributed by atoms with Gasteiger partial charge in [-0.2, -0.15) is 18.3 Å². The van der Waals surface area contributed by atoms with E-state index < -0.39 is 45.3 Å². The number of nitrogens with one attached hydrogen (secondary N) is 2. The fourth-order valence-electron chi connectivity index (χ4n) is 4.50. The fourth-order valence-corrected chi connectivity index (χ4v) is 5.96. The Morgan fingerprint density at radius 2 is 1.80 bits per heavy atom. The zero-order valence-corrected chi connectivity index (χ0v) is 23.4. The van der Waals surface area contributed by atoms with Crippen LogP contribution in [0.25, 0.3) is 11.3 Å². The van der Waals surface area contributed by atoms with E-state index in [1.54, 1.807) is 6.92 Å². The first kappa shape index (κ1) is 31.8. The van der Waals surface area contributed by atoms with E-state index in [-0.39, 0.29) is 46.7 Å². The number of carbonyl (C=O) groups excluding carboxylic acids is 1. The number of hydrogen-bond donors (Lipinski definition) is 2. The molecule has 224 valence electrons. The second-order valence-electron chi connectivity index (χ2n) is 9.68. The number of ether oxygens (including phenoxy) is 1. The zero-order valence-electron chi connectivity index (χ0n) is 21.8. The van der Waals surface area contributed by atoms with Crippen LogP contribution in [0.5, 0.6) is 5.75 Å². The van der Waals surface area contributed by atoms with E-state index in [9.17, 15) is 39.6 Å². The summed E-state index contributed by atoms with van der Waals surface area (Å²) in [6.07, 6.45) is -6.50. The van der Waals surface area contributed by atoms with Gasteiger partial charge in [-0.05, 0) is 57.6 Å². The average molecular weight is 619 g/mol. The number of benzene rings is 1. The molecule has 0 spiro atoms. The van der Waals surface area contributed by atoms with E-state index >= 15 is 0 Å². The molecule has 1 aromatic carbocycles. The number of aryl methyl sites for hydroxylation is 1. The third kappa shape index (κ3) is 7.95. The second kappa shape index (κ2) is 12.0. The molecule has 1 saturated carbocycles. The predicted octanol–water partition coefficient (Wildman–Crippen LogP) is 5.82. The van der Waals surface area contributed by atoms with Crippen molar-refractivity contribution in [3.63, 3.8) is 0 Å². The Bertz CT molecular complexity index is 1320. The minimum atomic E-state index is -5.18. The fraction of sp³-hybridized carbons (Fsp3) is 0.583. The molecule has 0 aliphatic heterocycles. The molecule has 1 aliphatic carbocycles. The highest BCUT2D eigenvalue weighted by atomic mass is 35.5. The number of halogens is 7. The molecule has 40 heavy (non-hydrogen) atoms. The second-order valence-corrected chi connectivity index (χ2v) is 12.4. The molecule has 1 unspecified atom stereocenters. The van der Waals surface area contributed by atoms with E-state index in [0.29, 0.717) is 25.7 Å². The number of aromatic nitrogens is 2. The van der Waals surface area contributed by atoms with Gasteiger partial charge in [0, 0.05) is 36.7 Å². The van der Waals surface area contributed by atoms with Gasteiger partial charge in [-0.3, -0.25) is 9.48 Å². The summed E-state index contributed by atoms with van der Waals surface area (Å²) < 4.78 is 107. The average Bonchev–Trinajstić information content (AvgIpc) is 3.17. The summed E-state index contributed by atoms with van der Waals surface area (Å²) in [7, 11) is -3.14. The third-order valence-corrected chi connectivity index (χ3v) is 8.74. The standard InChI is InChI=1S/C24H29ClF6N4O4S/c1-4-35-21(17-10-7-15(33-13(2)23(26,27)28)11-18(17)39-24(29,30)31)19(25)20(34-35)22(36)32-12-14-5-8-16(9-6-14)40(3,37)38/h7,10-11,13-14,16,33H,4-6,8-9,12H2,1-3H3,(H,32,36). The van der Waals surface area contributed by atoms with Crippen molar-refractivity contribution in [3.8, 4) is 17.0 Å². The molecule has 2 aromatic rings. The van der Waals surface area contributed by atoms with Gasteiger partial charge in [0.15, 0.2) is 5.69 Å². The first-order valence-electron chi connectivity index (χ1n) is 12.4. The van der Waals surface area contributed by atoms with Crippen LogP contribution in [0.3, 0.4) is 0 Å². The lowest BCUT2D eigenvalue weighted by Crippen LogP contribution is -2.34. The maximum atomic E-state index is 13.2. The smallest absolute Gasteiger partial charge is 0.405 e. The first-order valence-corrected chi connectivity index (χ1v) is 14.7. The number of amides is 1. The monoisotopic (exact) mass is 618 g/mol. The van der Waals surface area contributed by atoms with Crippen molar-refractivity contribution in [2.24, 2.45) is 5.92 Å². The Labute approximate surface area is 232 Å². The molecule has 3 rings (SSSR count). The lowest BCUT2D eigenvalue weighted by atomic mass is 9.89. The van der Waals surface area contributed by atoms with Crippen molar-refractivity contribution >= 4 is 33.0 Å². The van der Waals surface area contributed by atoms with Gasteiger partial charge in [0.05, 0.1) is 16.0 Å². The molecule has 1 fully saturated rings. The van der Waals surface area contributed by atoms with E-state index in [4.69, 9.17) is 11.6 Å². The Morgan fingerprint density at radius 1 is 1.18 bits per heavy atom. The summed E-state index contributed by atoms with van der Waals surface area (Å²) in [5, 5.41) is 8.25. The number of sulfone groups is 1. The van der Waals surface area contributed by atoms with E-state index in [1.165, 1.54) is 10.9 Å². The van der Waals surface area contributed by atoms with Crippen molar-refractivity contribution in [1.82, 2.24) is 15.1 Å². The molecule has 1 amide bonds. The highest BCUT2D eigenvalue weighted by Gasteiger charge is 2.37. The van der Waals surface area contributed by atoms with Gasteiger partial charge in [-0.25, -0.2) is 8.42 Å². The number of carbonyl (C=O) groups is 1. The minimum Gasteiger partial charge on any atom is -0.405 e. The summed E-state index contributed by atoms with van der Waals surface area (Å²) in [4.78, 5) is 12.9. The SMILES string of the molecule is CCn1nc(C(=O)NCC2CCC(S(C)(=O)=O)CC2)c(Cl)c1-c1ccc(NC(C)C(F)(F)F)cc1OC(F)(F)F. The van der Waals surface area contributed by atoms with Crippen LogP contribution in [-0.4, -0.2) is 60.7 Å². The molecule has 1 aliphatic rings. The van der Waals surface area contributed by atoms with Crippen molar-refractivity contribution in [3.05, 3.63) is 28.9 Å². The Kier molecular flexibility index (Phi) is 9.59. The molecule has 8 nitrogen and oxygen atoms in total. The zero-order chi connectivity index (χ0) is 30.0. The molecule has 1 aromatic heterocycles. The Hall–Kier alpha value is -2.68. The van der Waals surface area contributed by atoms with Crippen LogP contribution in [0.4, 0.5) is 32.0 Å². The van der Waals surface area contributed by atoms with Crippen LogP contribution < -0.4 is 15.4 Å². The minimum absolute atomic E-state index is 0.0272. The van der Waals surface area contributed by atoms with E-state index in [2.05, 4.69) is 20.5 Å². The van der Waals surface area contributed by atoms with Crippen molar-refractivity contribution in [2.45, 2.75) is 69.9 Å². The van der Waals surface area contributed by atoms with Crippen molar-refractivity contribution < 1.29 is 44.3 Å². The van der Waals surface area contributed by atoms with Gasteiger partial charge >= 0.3 is 12.5 Å². The van der Waals surface area contributed by atoms with Crippen molar-refractivity contribution in [1.29, 1.82) is 0 Å². The summed E-state index contributed by atoms with van der Waals surface area (Å²) in [6.45, 7) is 2.73. The molecule has 0 bridgehead atoms. The van der Waals surface area contributed by atoms with Crippen molar-refractivity contribution in [2.75, 3.05) is 18.1 Å². The van der Waals surface area contributed by atoms with E-state index in [0.717, 1.165) is 25.1 Å². The summed E-state index contributed by atoms with van der Waals surface area (Å²) >= 11 is 6.44. The largest absolute Gasteiger partial charge is 0.573 e.